The summed E-state index contributed by atoms with van der Waals surface area (Å²) in [4.78, 5) is 13.5. The van der Waals surface area contributed by atoms with Crippen molar-refractivity contribution in [1.29, 1.82) is 0 Å². The highest BCUT2D eigenvalue weighted by Crippen LogP contribution is 2.27. The van der Waals surface area contributed by atoms with Gasteiger partial charge >= 0.3 is 0 Å². The third-order valence-corrected chi connectivity index (χ3v) is 3.49. The Bertz CT molecular complexity index is 378. The molecule has 1 aliphatic rings. The van der Waals surface area contributed by atoms with E-state index in [4.69, 9.17) is 4.42 Å². The van der Waals surface area contributed by atoms with Crippen molar-refractivity contribution in [2.75, 3.05) is 20.1 Å². The van der Waals surface area contributed by atoms with Crippen molar-refractivity contribution >= 4 is 5.91 Å². The molecular formula is C13H20N2O3. The van der Waals surface area contributed by atoms with E-state index in [1.54, 1.807) is 25.4 Å². The van der Waals surface area contributed by atoms with Gasteiger partial charge in [-0.1, -0.05) is 0 Å². The van der Waals surface area contributed by atoms with E-state index >= 15 is 0 Å². The SMILES string of the molecule is CNC(=O)CN1CCCC1CC(O)c1ccco1. The van der Waals surface area contributed by atoms with Crippen molar-refractivity contribution in [1.82, 2.24) is 10.2 Å². The molecule has 0 aliphatic carbocycles. The second-order valence-corrected chi connectivity index (χ2v) is 4.71. The van der Waals surface area contributed by atoms with Crippen molar-refractivity contribution in [3.63, 3.8) is 0 Å². The molecule has 0 saturated carbocycles. The smallest absolute Gasteiger partial charge is 0.233 e. The van der Waals surface area contributed by atoms with Gasteiger partial charge in [0, 0.05) is 13.1 Å². The fourth-order valence-corrected chi connectivity index (χ4v) is 2.49. The Morgan fingerprint density at radius 1 is 1.72 bits per heavy atom. The Morgan fingerprint density at radius 2 is 2.56 bits per heavy atom. The predicted octanol–water partition coefficient (Wildman–Crippen LogP) is 0.913. The molecule has 18 heavy (non-hydrogen) atoms. The normalized spacial score (nSPS) is 22.0. The Balaban J connectivity index is 1.89. The maximum absolute atomic E-state index is 11.4. The van der Waals surface area contributed by atoms with Gasteiger partial charge in [0.2, 0.25) is 5.91 Å². The average Bonchev–Trinajstić information content (AvgIpc) is 3.01. The summed E-state index contributed by atoms with van der Waals surface area (Å²) in [6, 6.07) is 3.81. The van der Waals surface area contributed by atoms with E-state index in [2.05, 4.69) is 10.2 Å². The van der Waals surface area contributed by atoms with E-state index in [9.17, 15) is 9.90 Å². The highest BCUT2D eigenvalue weighted by Gasteiger charge is 2.28. The lowest BCUT2D eigenvalue weighted by atomic mass is 10.1. The molecule has 1 amide bonds. The lowest BCUT2D eigenvalue weighted by molar-refractivity contribution is -0.122. The van der Waals surface area contributed by atoms with Crippen molar-refractivity contribution in [2.24, 2.45) is 0 Å². The van der Waals surface area contributed by atoms with Gasteiger partial charge in [0.1, 0.15) is 11.9 Å². The highest BCUT2D eigenvalue weighted by atomic mass is 16.4. The van der Waals surface area contributed by atoms with E-state index in [0.717, 1.165) is 19.4 Å². The zero-order valence-corrected chi connectivity index (χ0v) is 10.6. The minimum absolute atomic E-state index is 0.0226. The van der Waals surface area contributed by atoms with Crippen LogP contribution in [0.5, 0.6) is 0 Å². The topological polar surface area (TPSA) is 65.7 Å². The van der Waals surface area contributed by atoms with Crippen molar-refractivity contribution in [3.8, 4) is 0 Å². The van der Waals surface area contributed by atoms with Gasteiger partial charge in [0.15, 0.2) is 0 Å². The summed E-state index contributed by atoms with van der Waals surface area (Å²) in [5.74, 6) is 0.621. The van der Waals surface area contributed by atoms with Crippen LogP contribution in [0.25, 0.3) is 0 Å². The quantitative estimate of drug-likeness (QED) is 0.817. The number of nitrogens with one attached hydrogen (secondary N) is 1. The number of furan rings is 1. The maximum Gasteiger partial charge on any atom is 0.233 e. The fraction of sp³-hybridized carbons (Fsp3) is 0.615. The standard InChI is InChI=1S/C13H20N2O3/c1-14-13(17)9-15-6-2-4-10(15)8-11(16)12-5-3-7-18-12/h3,5,7,10-11,16H,2,4,6,8-9H2,1H3,(H,14,17). The van der Waals surface area contributed by atoms with E-state index in [0.29, 0.717) is 18.7 Å². The number of nitrogens with zero attached hydrogens (tertiary/aromatic N) is 1. The van der Waals surface area contributed by atoms with Gasteiger partial charge in [0.25, 0.3) is 0 Å². The van der Waals surface area contributed by atoms with E-state index < -0.39 is 6.10 Å². The number of amides is 1. The molecule has 1 saturated heterocycles. The summed E-state index contributed by atoms with van der Waals surface area (Å²) >= 11 is 0. The maximum atomic E-state index is 11.4. The molecule has 1 aliphatic heterocycles. The molecule has 1 aromatic rings. The average molecular weight is 252 g/mol. The minimum atomic E-state index is -0.588. The van der Waals surface area contributed by atoms with Crippen LogP contribution in [-0.4, -0.2) is 42.1 Å². The number of carbonyl (C=O) groups excluding carboxylic acids is 1. The molecule has 2 heterocycles. The number of aliphatic hydroxyl groups is 1. The van der Waals surface area contributed by atoms with Crippen LogP contribution in [0.15, 0.2) is 22.8 Å². The molecule has 2 N–H and O–H groups in total. The lowest BCUT2D eigenvalue weighted by Gasteiger charge is -2.24. The monoisotopic (exact) mass is 252 g/mol. The molecular weight excluding hydrogens is 232 g/mol. The Labute approximate surface area is 107 Å². The van der Waals surface area contributed by atoms with Crippen LogP contribution in [0.2, 0.25) is 0 Å². The first-order chi connectivity index (χ1) is 8.70. The fourth-order valence-electron chi connectivity index (χ4n) is 2.49. The Morgan fingerprint density at radius 3 is 3.22 bits per heavy atom. The molecule has 1 aromatic heterocycles. The third-order valence-electron chi connectivity index (χ3n) is 3.49. The summed E-state index contributed by atoms with van der Waals surface area (Å²) in [7, 11) is 1.64. The van der Waals surface area contributed by atoms with Gasteiger partial charge in [-0.3, -0.25) is 9.69 Å². The van der Waals surface area contributed by atoms with Crippen LogP contribution in [0.3, 0.4) is 0 Å². The van der Waals surface area contributed by atoms with Gasteiger partial charge < -0.3 is 14.8 Å². The molecule has 1 fully saturated rings. The van der Waals surface area contributed by atoms with E-state index in [1.807, 2.05) is 0 Å². The van der Waals surface area contributed by atoms with Crippen molar-refractivity contribution in [2.45, 2.75) is 31.4 Å². The van der Waals surface area contributed by atoms with E-state index in [-0.39, 0.29) is 11.9 Å². The number of likely N-dealkylation sites (tertiary alicyclic amines) is 1. The Hall–Kier alpha value is -1.33. The summed E-state index contributed by atoms with van der Waals surface area (Å²) < 4.78 is 5.20. The summed E-state index contributed by atoms with van der Waals surface area (Å²) in [6.45, 7) is 1.33. The molecule has 0 bridgehead atoms. The Kier molecular flexibility index (Phi) is 4.38. The zero-order valence-electron chi connectivity index (χ0n) is 10.6. The van der Waals surface area contributed by atoms with Crippen molar-refractivity contribution < 1.29 is 14.3 Å². The summed E-state index contributed by atoms with van der Waals surface area (Å²) in [6.07, 6.45) is 3.69. The van der Waals surface area contributed by atoms with Gasteiger partial charge in [0.05, 0.1) is 12.8 Å². The van der Waals surface area contributed by atoms with Gasteiger partial charge in [-0.05, 0) is 37.9 Å². The first kappa shape index (κ1) is 13.1. The second kappa shape index (κ2) is 6.02. The molecule has 2 rings (SSSR count). The lowest BCUT2D eigenvalue weighted by Crippen LogP contribution is -2.39. The molecule has 0 radical (unpaired) electrons. The summed E-state index contributed by atoms with van der Waals surface area (Å²) in [5, 5.41) is 12.7. The van der Waals surface area contributed by atoms with Crippen LogP contribution < -0.4 is 5.32 Å². The van der Waals surface area contributed by atoms with Crippen LogP contribution in [0.4, 0.5) is 0 Å². The number of aliphatic hydroxyl groups excluding tert-OH is 1. The number of likely N-dealkylation sites (N-methyl/N-ethyl adjacent to an activating group) is 1. The predicted molar refractivity (Wildman–Crippen MR) is 66.9 cm³/mol. The number of hydrogen-bond acceptors (Lipinski definition) is 4. The molecule has 0 aromatic carbocycles. The molecule has 100 valence electrons. The van der Waals surface area contributed by atoms with Crippen LogP contribution >= 0.6 is 0 Å². The molecule has 5 heteroatoms. The molecule has 5 nitrogen and oxygen atoms in total. The number of carbonyl (C=O) groups is 1. The zero-order chi connectivity index (χ0) is 13.0. The second-order valence-electron chi connectivity index (χ2n) is 4.71. The first-order valence-corrected chi connectivity index (χ1v) is 6.37. The van der Waals surface area contributed by atoms with Gasteiger partial charge in [-0.2, -0.15) is 0 Å². The molecule has 2 atom stereocenters. The number of hydrogen-bond donors (Lipinski definition) is 2. The van der Waals surface area contributed by atoms with Crippen LogP contribution in [0, 0.1) is 0 Å². The van der Waals surface area contributed by atoms with Crippen LogP contribution in [-0.2, 0) is 4.79 Å². The third kappa shape index (κ3) is 3.11. The highest BCUT2D eigenvalue weighted by molar-refractivity contribution is 5.77. The van der Waals surface area contributed by atoms with Gasteiger partial charge in [-0.25, -0.2) is 0 Å². The number of rotatable bonds is 5. The largest absolute Gasteiger partial charge is 0.467 e. The molecule has 2 unspecified atom stereocenters. The first-order valence-electron chi connectivity index (χ1n) is 6.37. The minimum Gasteiger partial charge on any atom is -0.467 e. The van der Waals surface area contributed by atoms with Gasteiger partial charge in [-0.15, -0.1) is 0 Å². The molecule has 0 spiro atoms. The van der Waals surface area contributed by atoms with Crippen molar-refractivity contribution in [3.05, 3.63) is 24.2 Å². The van der Waals surface area contributed by atoms with E-state index in [1.165, 1.54) is 0 Å². The van der Waals surface area contributed by atoms with Crippen LogP contribution in [0.1, 0.15) is 31.1 Å². The summed E-state index contributed by atoms with van der Waals surface area (Å²) in [5.41, 5.74) is 0.